The molecular weight excluding hydrogens is 515 g/mol. The van der Waals surface area contributed by atoms with Crippen LogP contribution in [0.2, 0.25) is 15.1 Å². The summed E-state index contributed by atoms with van der Waals surface area (Å²) in [6, 6.07) is 13.1. The number of hydrazone groups is 1. The van der Waals surface area contributed by atoms with Crippen molar-refractivity contribution in [1.82, 2.24) is 10.1 Å². The van der Waals surface area contributed by atoms with E-state index in [1.165, 1.54) is 54.6 Å². The number of amides is 2. The van der Waals surface area contributed by atoms with E-state index < -0.39 is 21.8 Å². The van der Waals surface area contributed by atoms with E-state index >= 15 is 0 Å². The summed E-state index contributed by atoms with van der Waals surface area (Å²) < 4.78 is 32.4. The second-order valence-corrected chi connectivity index (χ2v) is 9.38. The molecule has 0 aliphatic rings. The van der Waals surface area contributed by atoms with E-state index in [2.05, 4.69) is 15.1 Å². The first-order valence-electron chi connectivity index (χ1n) is 9.07. The molecule has 0 saturated carbocycles. The molecule has 3 rings (SSSR count). The maximum Gasteiger partial charge on any atom is 0.329 e. The highest BCUT2D eigenvalue weighted by molar-refractivity contribution is 7.89. The maximum absolute atomic E-state index is 12.3. The average Bonchev–Trinajstić information content (AvgIpc) is 3.23. The lowest BCUT2D eigenvalue weighted by Crippen LogP contribution is -2.32. The van der Waals surface area contributed by atoms with Crippen LogP contribution in [0.4, 0.5) is 5.69 Å². The lowest BCUT2D eigenvalue weighted by atomic mass is 10.3. The number of benzene rings is 2. The van der Waals surface area contributed by atoms with Gasteiger partial charge in [-0.2, -0.15) is 5.10 Å². The van der Waals surface area contributed by atoms with Gasteiger partial charge < -0.3 is 9.73 Å². The minimum Gasteiger partial charge on any atom is -0.459 e. The Morgan fingerprint density at radius 3 is 2.36 bits per heavy atom. The third-order valence-corrected chi connectivity index (χ3v) is 6.39. The third-order valence-electron chi connectivity index (χ3n) is 3.98. The topological polar surface area (TPSA) is 130 Å². The largest absolute Gasteiger partial charge is 0.459 e. The van der Waals surface area contributed by atoms with Gasteiger partial charge in [0.05, 0.1) is 27.7 Å². The molecule has 0 saturated heterocycles. The summed E-state index contributed by atoms with van der Waals surface area (Å²) >= 11 is 17.4. The molecule has 0 aliphatic carbocycles. The average molecular weight is 530 g/mol. The molecule has 13 heteroatoms. The second-order valence-electron chi connectivity index (χ2n) is 6.36. The first-order chi connectivity index (χ1) is 15.6. The fourth-order valence-corrected chi connectivity index (χ4v) is 3.81. The number of furan rings is 1. The van der Waals surface area contributed by atoms with Crippen molar-refractivity contribution in [2.24, 2.45) is 5.10 Å². The fraction of sp³-hybridized carbons (Fsp3) is 0.0500. The lowest BCUT2D eigenvalue weighted by Gasteiger charge is -2.05. The van der Waals surface area contributed by atoms with E-state index in [-0.39, 0.29) is 27.9 Å². The summed E-state index contributed by atoms with van der Waals surface area (Å²) in [6.45, 7) is -0.114. The third kappa shape index (κ3) is 7.04. The van der Waals surface area contributed by atoms with Gasteiger partial charge in [0, 0.05) is 10.7 Å². The molecule has 1 heterocycles. The SMILES string of the molecule is O=C(N/N=C/c1ccc(CNS(=O)(=O)c2ccc(Cl)cc2)o1)C(=O)Nc1ccc(Cl)c(Cl)c1. The number of sulfonamides is 1. The Morgan fingerprint density at radius 2 is 1.67 bits per heavy atom. The molecule has 0 fully saturated rings. The van der Waals surface area contributed by atoms with Gasteiger partial charge in [-0.25, -0.2) is 18.6 Å². The number of rotatable bonds is 7. The van der Waals surface area contributed by atoms with E-state index in [0.717, 1.165) is 6.21 Å². The number of hydrogen-bond donors (Lipinski definition) is 3. The molecule has 33 heavy (non-hydrogen) atoms. The minimum absolute atomic E-state index is 0.0575. The van der Waals surface area contributed by atoms with Crippen LogP contribution in [-0.4, -0.2) is 26.4 Å². The highest BCUT2D eigenvalue weighted by atomic mass is 35.5. The summed E-state index contributed by atoms with van der Waals surface area (Å²) in [7, 11) is -3.75. The van der Waals surface area contributed by atoms with E-state index in [0.29, 0.717) is 15.8 Å². The Morgan fingerprint density at radius 1 is 0.939 bits per heavy atom. The summed E-state index contributed by atoms with van der Waals surface area (Å²) in [5.74, 6) is -1.47. The van der Waals surface area contributed by atoms with Gasteiger partial charge in [0.25, 0.3) is 0 Å². The van der Waals surface area contributed by atoms with Crippen molar-refractivity contribution in [3.63, 3.8) is 0 Å². The summed E-state index contributed by atoms with van der Waals surface area (Å²) in [4.78, 5) is 23.8. The highest BCUT2D eigenvalue weighted by Gasteiger charge is 2.15. The zero-order valence-electron chi connectivity index (χ0n) is 16.5. The van der Waals surface area contributed by atoms with Crippen LogP contribution in [0.15, 0.2) is 69.0 Å². The second kappa shape index (κ2) is 10.8. The molecular formula is C20H15Cl3N4O5S. The zero-order chi connectivity index (χ0) is 24.0. The summed E-state index contributed by atoms with van der Waals surface area (Å²) in [6.07, 6.45) is 1.15. The summed E-state index contributed by atoms with van der Waals surface area (Å²) in [5, 5.41) is 6.93. The molecule has 3 aromatic rings. The van der Waals surface area contributed by atoms with E-state index in [9.17, 15) is 18.0 Å². The van der Waals surface area contributed by atoms with Crippen LogP contribution in [-0.2, 0) is 26.2 Å². The van der Waals surface area contributed by atoms with Crippen LogP contribution in [0, 0.1) is 0 Å². The number of halogens is 3. The molecule has 0 atom stereocenters. The monoisotopic (exact) mass is 528 g/mol. The van der Waals surface area contributed by atoms with Crippen LogP contribution in [0.3, 0.4) is 0 Å². The number of nitrogens with one attached hydrogen (secondary N) is 3. The number of carbonyl (C=O) groups is 2. The van der Waals surface area contributed by atoms with Gasteiger partial charge in [-0.1, -0.05) is 34.8 Å². The quantitative estimate of drug-likeness (QED) is 0.243. The Bertz CT molecular complexity index is 1310. The van der Waals surface area contributed by atoms with Gasteiger partial charge >= 0.3 is 11.8 Å². The van der Waals surface area contributed by atoms with E-state index in [1.54, 1.807) is 0 Å². The number of anilines is 1. The molecule has 0 spiro atoms. The first kappa shape index (κ1) is 24.7. The number of carbonyl (C=O) groups excluding carboxylic acids is 2. The van der Waals surface area contributed by atoms with Crippen molar-refractivity contribution < 1.29 is 22.4 Å². The predicted octanol–water partition coefficient (Wildman–Crippen LogP) is 3.81. The Labute approximate surface area is 203 Å². The van der Waals surface area contributed by atoms with Gasteiger partial charge in [-0.15, -0.1) is 0 Å². The fourth-order valence-electron chi connectivity index (χ4n) is 2.39. The molecule has 3 N–H and O–H groups in total. The van der Waals surface area contributed by atoms with Crippen molar-refractivity contribution in [2.75, 3.05) is 5.32 Å². The van der Waals surface area contributed by atoms with Crippen LogP contribution < -0.4 is 15.5 Å². The van der Waals surface area contributed by atoms with Gasteiger partial charge in [0.15, 0.2) is 0 Å². The van der Waals surface area contributed by atoms with Gasteiger partial charge in [0.1, 0.15) is 11.5 Å². The van der Waals surface area contributed by atoms with Gasteiger partial charge in [-0.3, -0.25) is 9.59 Å². The first-order valence-corrected chi connectivity index (χ1v) is 11.7. The molecule has 0 unspecified atom stereocenters. The van der Waals surface area contributed by atoms with Crippen molar-refractivity contribution in [2.45, 2.75) is 11.4 Å². The normalized spacial score (nSPS) is 11.5. The highest BCUT2D eigenvalue weighted by Crippen LogP contribution is 2.24. The predicted molar refractivity (Wildman–Crippen MR) is 125 cm³/mol. The number of hydrogen-bond acceptors (Lipinski definition) is 6. The molecule has 9 nitrogen and oxygen atoms in total. The Balaban J connectivity index is 1.50. The molecule has 172 valence electrons. The van der Waals surface area contributed by atoms with Gasteiger partial charge in [0.2, 0.25) is 10.0 Å². The molecule has 2 aromatic carbocycles. The molecule has 0 aliphatic heterocycles. The van der Waals surface area contributed by atoms with Crippen molar-refractivity contribution in [3.05, 3.63) is 81.2 Å². The Kier molecular flexibility index (Phi) is 8.11. The minimum atomic E-state index is -3.75. The van der Waals surface area contributed by atoms with Crippen molar-refractivity contribution in [1.29, 1.82) is 0 Å². The van der Waals surface area contributed by atoms with Crippen LogP contribution in [0.1, 0.15) is 11.5 Å². The maximum atomic E-state index is 12.3. The van der Waals surface area contributed by atoms with Crippen LogP contribution >= 0.6 is 34.8 Å². The van der Waals surface area contributed by atoms with Crippen LogP contribution in [0.5, 0.6) is 0 Å². The van der Waals surface area contributed by atoms with Crippen LogP contribution in [0.25, 0.3) is 0 Å². The van der Waals surface area contributed by atoms with Crippen molar-refractivity contribution in [3.8, 4) is 0 Å². The van der Waals surface area contributed by atoms with E-state index in [1.807, 2.05) is 5.43 Å². The van der Waals surface area contributed by atoms with Gasteiger partial charge in [-0.05, 0) is 54.6 Å². The summed E-state index contributed by atoms with van der Waals surface area (Å²) in [5.41, 5.74) is 2.33. The molecule has 2 amide bonds. The standard InChI is InChI=1S/C20H15Cl3N4O5S/c21-12-1-6-16(7-2-12)33(30,31)25-11-15-5-4-14(32-15)10-24-27-20(29)19(28)26-13-3-8-17(22)18(23)9-13/h1-10,25H,11H2,(H,26,28)(H,27,29)/b24-10+. The molecule has 0 radical (unpaired) electrons. The smallest absolute Gasteiger partial charge is 0.329 e. The van der Waals surface area contributed by atoms with Crippen molar-refractivity contribution >= 4 is 68.5 Å². The molecule has 1 aromatic heterocycles. The Hall–Kier alpha value is -2.89. The van der Waals surface area contributed by atoms with E-state index in [4.69, 9.17) is 39.2 Å². The zero-order valence-corrected chi connectivity index (χ0v) is 19.6. The number of nitrogens with zero attached hydrogens (tertiary/aromatic N) is 1. The molecule has 0 bridgehead atoms. The lowest BCUT2D eigenvalue weighted by molar-refractivity contribution is -0.136.